The van der Waals surface area contributed by atoms with Crippen LogP contribution in [-0.2, 0) is 0 Å². The largest absolute Gasteiger partial charge is 0.410 e. The van der Waals surface area contributed by atoms with E-state index in [1.165, 1.54) is 0 Å². The lowest BCUT2D eigenvalue weighted by Crippen LogP contribution is -2.00. The Balaban J connectivity index is 2.51. The summed E-state index contributed by atoms with van der Waals surface area (Å²) in [7, 11) is 0. The van der Waals surface area contributed by atoms with E-state index in [1.54, 1.807) is 42.5 Å². The first-order chi connectivity index (χ1) is 9.15. The SMILES string of the molecule is N#C/C(=C1C=C/C(=N/O)C(Cl)=C/1)c1ccc(Cl)cc1. The predicted octanol–water partition coefficient (Wildman–Crippen LogP) is 4.14. The molecule has 1 aliphatic carbocycles. The van der Waals surface area contributed by atoms with Crippen LogP contribution in [0.3, 0.4) is 0 Å². The van der Waals surface area contributed by atoms with Gasteiger partial charge in [0.1, 0.15) is 11.8 Å². The van der Waals surface area contributed by atoms with E-state index in [4.69, 9.17) is 28.4 Å². The Labute approximate surface area is 120 Å². The van der Waals surface area contributed by atoms with E-state index >= 15 is 0 Å². The van der Waals surface area contributed by atoms with E-state index in [-0.39, 0.29) is 10.7 Å². The second-order valence-corrected chi connectivity index (χ2v) is 4.60. The molecule has 1 N–H and O–H groups in total. The van der Waals surface area contributed by atoms with Gasteiger partial charge < -0.3 is 5.21 Å². The van der Waals surface area contributed by atoms with Crippen molar-refractivity contribution in [3.63, 3.8) is 0 Å². The number of hydrogen-bond acceptors (Lipinski definition) is 3. The maximum atomic E-state index is 9.28. The van der Waals surface area contributed by atoms with Gasteiger partial charge in [-0.2, -0.15) is 5.26 Å². The molecule has 5 heteroatoms. The molecule has 2 rings (SSSR count). The van der Waals surface area contributed by atoms with Gasteiger partial charge in [-0.1, -0.05) is 46.6 Å². The van der Waals surface area contributed by atoms with Gasteiger partial charge in [0, 0.05) is 5.02 Å². The number of benzene rings is 1. The minimum Gasteiger partial charge on any atom is -0.410 e. The first-order valence-electron chi connectivity index (χ1n) is 5.33. The highest BCUT2D eigenvalue weighted by molar-refractivity contribution is 6.46. The van der Waals surface area contributed by atoms with E-state index in [2.05, 4.69) is 11.2 Å². The van der Waals surface area contributed by atoms with Crippen molar-refractivity contribution < 1.29 is 5.21 Å². The van der Waals surface area contributed by atoms with Crippen molar-refractivity contribution in [3.8, 4) is 6.07 Å². The summed E-state index contributed by atoms with van der Waals surface area (Å²) in [6.45, 7) is 0. The van der Waals surface area contributed by atoms with Gasteiger partial charge in [-0.25, -0.2) is 0 Å². The first kappa shape index (κ1) is 13.4. The summed E-state index contributed by atoms with van der Waals surface area (Å²) in [6, 6.07) is 9.10. The molecular weight excluding hydrogens is 283 g/mol. The van der Waals surface area contributed by atoms with Crippen LogP contribution >= 0.6 is 23.2 Å². The molecule has 19 heavy (non-hydrogen) atoms. The van der Waals surface area contributed by atoms with E-state index in [0.29, 0.717) is 16.2 Å². The van der Waals surface area contributed by atoms with Crippen LogP contribution in [0.4, 0.5) is 0 Å². The van der Waals surface area contributed by atoms with Crippen LogP contribution in [0.25, 0.3) is 5.57 Å². The molecule has 0 fully saturated rings. The van der Waals surface area contributed by atoms with E-state index in [0.717, 1.165) is 5.56 Å². The van der Waals surface area contributed by atoms with Crippen molar-refractivity contribution in [2.75, 3.05) is 0 Å². The second-order valence-electron chi connectivity index (χ2n) is 3.76. The summed E-state index contributed by atoms with van der Waals surface area (Å²) in [5.74, 6) is 0. The number of halogens is 2. The smallest absolute Gasteiger partial charge is 0.121 e. The molecule has 0 radical (unpaired) electrons. The van der Waals surface area contributed by atoms with Gasteiger partial charge in [0.2, 0.25) is 0 Å². The molecule has 0 unspecified atom stereocenters. The van der Waals surface area contributed by atoms with Crippen molar-refractivity contribution in [1.82, 2.24) is 0 Å². The van der Waals surface area contributed by atoms with Crippen molar-refractivity contribution in [2.45, 2.75) is 0 Å². The van der Waals surface area contributed by atoms with Crippen molar-refractivity contribution in [3.05, 3.63) is 63.7 Å². The number of hydrogen-bond donors (Lipinski definition) is 1. The molecule has 0 aromatic heterocycles. The predicted molar refractivity (Wildman–Crippen MR) is 76.3 cm³/mol. The summed E-state index contributed by atoms with van der Waals surface area (Å²) in [4.78, 5) is 0. The zero-order valence-corrected chi connectivity index (χ0v) is 11.2. The molecule has 0 saturated carbocycles. The molecule has 0 spiro atoms. The quantitative estimate of drug-likeness (QED) is 0.480. The Hall–Kier alpha value is -2.02. The monoisotopic (exact) mass is 290 g/mol. The van der Waals surface area contributed by atoms with Crippen LogP contribution < -0.4 is 0 Å². The summed E-state index contributed by atoms with van der Waals surface area (Å²) in [6.07, 6.45) is 4.81. The fourth-order valence-electron chi connectivity index (χ4n) is 1.66. The van der Waals surface area contributed by atoms with Crippen LogP contribution in [0.5, 0.6) is 0 Å². The van der Waals surface area contributed by atoms with Gasteiger partial charge in [-0.3, -0.25) is 0 Å². The van der Waals surface area contributed by atoms with Gasteiger partial charge in [-0.15, -0.1) is 0 Å². The lowest BCUT2D eigenvalue weighted by molar-refractivity contribution is 0.320. The van der Waals surface area contributed by atoms with Crippen LogP contribution in [0.15, 0.2) is 58.3 Å². The Morgan fingerprint density at radius 2 is 1.84 bits per heavy atom. The highest BCUT2D eigenvalue weighted by Crippen LogP contribution is 2.26. The van der Waals surface area contributed by atoms with Crippen LogP contribution in [0.1, 0.15) is 5.56 Å². The van der Waals surface area contributed by atoms with Crippen molar-refractivity contribution in [1.29, 1.82) is 5.26 Å². The minimum absolute atomic E-state index is 0.263. The first-order valence-corrected chi connectivity index (χ1v) is 6.09. The minimum atomic E-state index is 0.263. The third-order valence-corrected chi connectivity index (χ3v) is 3.14. The lowest BCUT2D eigenvalue weighted by Gasteiger charge is -2.08. The molecular formula is C14H8Cl2N2O. The standard InChI is InChI=1S/C14H8Cl2N2O/c15-11-4-1-9(2-5-11)12(8-17)10-3-6-14(18-19)13(16)7-10/h1-7,19H/b12-10+,18-14-. The topological polar surface area (TPSA) is 56.4 Å². The zero-order chi connectivity index (χ0) is 13.8. The van der Waals surface area contributed by atoms with Crippen LogP contribution in [-0.4, -0.2) is 10.9 Å². The molecule has 1 aromatic carbocycles. The van der Waals surface area contributed by atoms with Crippen molar-refractivity contribution in [2.24, 2.45) is 5.16 Å². The third-order valence-electron chi connectivity index (χ3n) is 2.59. The van der Waals surface area contributed by atoms with Gasteiger partial charge in [0.15, 0.2) is 0 Å². The average Bonchev–Trinajstić information content (AvgIpc) is 2.42. The van der Waals surface area contributed by atoms with Crippen LogP contribution in [0, 0.1) is 11.3 Å². The molecule has 0 atom stereocenters. The van der Waals surface area contributed by atoms with E-state index in [1.807, 2.05) is 0 Å². The van der Waals surface area contributed by atoms with Gasteiger partial charge in [0.25, 0.3) is 0 Å². The molecule has 1 aliphatic rings. The normalized spacial score (nSPS) is 19.0. The molecule has 0 heterocycles. The Bertz CT molecular complexity index is 662. The molecule has 0 amide bonds. The van der Waals surface area contributed by atoms with E-state index in [9.17, 15) is 5.26 Å². The number of nitriles is 1. The summed E-state index contributed by atoms with van der Waals surface area (Å²) in [5.41, 5.74) is 2.14. The maximum Gasteiger partial charge on any atom is 0.121 e. The highest BCUT2D eigenvalue weighted by Gasteiger charge is 2.12. The van der Waals surface area contributed by atoms with Gasteiger partial charge in [-0.05, 0) is 35.4 Å². The number of allylic oxidation sites excluding steroid dienone is 6. The summed E-state index contributed by atoms with van der Waals surface area (Å²) >= 11 is 11.8. The second kappa shape index (κ2) is 5.75. The Kier molecular flexibility index (Phi) is 4.06. The van der Waals surface area contributed by atoms with Crippen molar-refractivity contribution >= 4 is 34.5 Å². The highest BCUT2D eigenvalue weighted by atomic mass is 35.5. The molecule has 3 nitrogen and oxygen atoms in total. The number of nitrogens with zero attached hydrogens (tertiary/aromatic N) is 2. The maximum absolute atomic E-state index is 9.28. The van der Waals surface area contributed by atoms with Gasteiger partial charge >= 0.3 is 0 Å². The summed E-state index contributed by atoms with van der Waals surface area (Å²) < 4.78 is 0. The summed E-state index contributed by atoms with van der Waals surface area (Å²) in [5, 5.41) is 21.9. The lowest BCUT2D eigenvalue weighted by atomic mass is 9.97. The molecule has 0 saturated heterocycles. The number of rotatable bonds is 1. The molecule has 0 bridgehead atoms. The molecule has 1 aromatic rings. The Morgan fingerprint density at radius 3 is 2.37 bits per heavy atom. The fraction of sp³-hybridized carbons (Fsp3) is 0. The van der Waals surface area contributed by atoms with Gasteiger partial charge in [0.05, 0.1) is 10.6 Å². The fourth-order valence-corrected chi connectivity index (χ4v) is 2.00. The molecule has 0 aliphatic heterocycles. The third kappa shape index (κ3) is 2.87. The van der Waals surface area contributed by atoms with E-state index < -0.39 is 0 Å². The number of oxime groups is 1. The Morgan fingerprint density at radius 1 is 1.16 bits per heavy atom. The zero-order valence-electron chi connectivity index (χ0n) is 9.64. The average molecular weight is 291 g/mol. The molecule has 94 valence electrons. The van der Waals surface area contributed by atoms with Crippen LogP contribution in [0.2, 0.25) is 5.02 Å².